The van der Waals surface area contributed by atoms with Crippen molar-refractivity contribution in [3.05, 3.63) is 22.7 Å². The first-order valence-corrected chi connectivity index (χ1v) is 6.61. The Hall–Kier alpha value is -1.42. The van der Waals surface area contributed by atoms with Gasteiger partial charge in [0, 0.05) is 11.1 Å². The molecule has 0 aliphatic rings. The van der Waals surface area contributed by atoms with Crippen molar-refractivity contribution in [1.82, 2.24) is 0 Å². The standard InChI is InChI=1S/C14H19ClO4/c1-4-5-9(2)8-19-13-11(14(16)17)6-10(15)7-12(13)18-3/h6-7,9H,4-5,8H2,1-3H3,(H,16,17). The minimum absolute atomic E-state index is 0.0213. The van der Waals surface area contributed by atoms with Gasteiger partial charge in [0.05, 0.1) is 13.7 Å². The lowest BCUT2D eigenvalue weighted by atomic mass is 10.1. The molecule has 0 spiro atoms. The Balaban J connectivity index is 2.99. The predicted molar refractivity (Wildman–Crippen MR) is 74.5 cm³/mol. The van der Waals surface area contributed by atoms with Gasteiger partial charge in [0.25, 0.3) is 0 Å². The first-order valence-electron chi connectivity index (χ1n) is 6.23. The Bertz CT molecular complexity index is 445. The number of carbonyl (C=O) groups is 1. The molecule has 0 amide bonds. The van der Waals surface area contributed by atoms with Crippen LogP contribution < -0.4 is 9.47 Å². The van der Waals surface area contributed by atoms with Crippen molar-refractivity contribution in [2.24, 2.45) is 5.92 Å². The fraction of sp³-hybridized carbons (Fsp3) is 0.500. The topological polar surface area (TPSA) is 55.8 Å². The predicted octanol–water partition coefficient (Wildman–Crippen LogP) is 3.86. The molecular formula is C14H19ClO4. The lowest BCUT2D eigenvalue weighted by molar-refractivity contribution is 0.0690. The maximum absolute atomic E-state index is 11.2. The Morgan fingerprint density at radius 2 is 2.16 bits per heavy atom. The summed E-state index contributed by atoms with van der Waals surface area (Å²) in [6, 6.07) is 2.92. The number of carboxylic acid groups (broad SMARTS) is 1. The fourth-order valence-electron chi connectivity index (χ4n) is 1.83. The van der Waals surface area contributed by atoms with E-state index in [2.05, 4.69) is 13.8 Å². The van der Waals surface area contributed by atoms with Crippen LogP contribution in [0.1, 0.15) is 37.0 Å². The van der Waals surface area contributed by atoms with Crippen LogP contribution in [-0.4, -0.2) is 24.8 Å². The van der Waals surface area contributed by atoms with Crippen molar-refractivity contribution in [3.8, 4) is 11.5 Å². The largest absolute Gasteiger partial charge is 0.493 e. The van der Waals surface area contributed by atoms with Crippen LogP contribution in [0.25, 0.3) is 0 Å². The molecule has 0 aliphatic heterocycles. The Morgan fingerprint density at radius 1 is 1.47 bits per heavy atom. The molecule has 0 radical (unpaired) electrons. The summed E-state index contributed by atoms with van der Waals surface area (Å²) in [4.78, 5) is 11.2. The van der Waals surface area contributed by atoms with Crippen molar-refractivity contribution < 1.29 is 19.4 Å². The first-order chi connectivity index (χ1) is 8.99. The first kappa shape index (κ1) is 15.6. The van der Waals surface area contributed by atoms with Gasteiger partial charge < -0.3 is 14.6 Å². The third kappa shape index (κ3) is 4.31. The summed E-state index contributed by atoms with van der Waals surface area (Å²) in [6.07, 6.45) is 2.09. The van der Waals surface area contributed by atoms with E-state index >= 15 is 0 Å². The third-order valence-corrected chi connectivity index (χ3v) is 2.98. The highest BCUT2D eigenvalue weighted by atomic mass is 35.5. The number of methoxy groups -OCH3 is 1. The number of hydrogen-bond donors (Lipinski definition) is 1. The Labute approximate surface area is 118 Å². The minimum Gasteiger partial charge on any atom is -0.493 e. The normalized spacial score (nSPS) is 12.0. The molecule has 106 valence electrons. The van der Waals surface area contributed by atoms with Crippen LogP contribution in [0, 0.1) is 5.92 Å². The average molecular weight is 287 g/mol. The van der Waals surface area contributed by atoms with E-state index in [1.165, 1.54) is 13.2 Å². The van der Waals surface area contributed by atoms with Crippen LogP contribution in [0.5, 0.6) is 11.5 Å². The van der Waals surface area contributed by atoms with Gasteiger partial charge in [-0.05, 0) is 18.4 Å². The van der Waals surface area contributed by atoms with Gasteiger partial charge in [0.15, 0.2) is 11.5 Å². The van der Waals surface area contributed by atoms with Gasteiger partial charge in [-0.1, -0.05) is 31.9 Å². The number of hydrogen-bond acceptors (Lipinski definition) is 3. The van der Waals surface area contributed by atoms with Crippen LogP contribution in [0.2, 0.25) is 5.02 Å². The van der Waals surface area contributed by atoms with E-state index in [1.54, 1.807) is 6.07 Å². The summed E-state index contributed by atoms with van der Waals surface area (Å²) in [5.74, 6) is -0.151. The Kier molecular flexibility index (Phi) is 5.96. The maximum Gasteiger partial charge on any atom is 0.339 e. The van der Waals surface area contributed by atoms with Crippen LogP contribution in [0.15, 0.2) is 12.1 Å². The number of rotatable bonds is 7. The molecule has 0 heterocycles. The van der Waals surface area contributed by atoms with E-state index in [0.717, 1.165) is 12.8 Å². The lowest BCUT2D eigenvalue weighted by Gasteiger charge is -2.16. The summed E-state index contributed by atoms with van der Waals surface area (Å²) in [5.41, 5.74) is 0.0213. The van der Waals surface area contributed by atoms with E-state index in [1.807, 2.05) is 0 Å². The fourth-order valence-corrected chi connectivity index (χ4v) is 2.04. The molecule has 1 rings (SSSR count). The van der Waals surface area contributed by atoms with Crippen molar-refractivity contribution >= 4 is 17.6 Å². The second-order valence-electron chi connectivity index (χ2n) is 4.49. The molecule has 0 aliphatic carbocycles. The van der Waals surface area contributed by atoms with Crippen LogP contribution >= 0.6 is 11.6 Å². The van der Waals surface area contributed by atoms with E-state index in [9.17, 15) is 9.90 Å². The summed E-state index contributed by atoms with van der Waals surface area (Å²) in [6.45, 7) is 4.61. The van der Waals surface area contributed by atoms with E-state index < -0.39 is 5.97 Å². The highest BCUT2D eigenvalue weighted by Crippen LogP contribution is 2.35. The van der Waals surface area contributed by atoms with Crippen molar-refractivity contribution in [1.29, 1.82) is 0 Å². The molecule has 1 N–H and O–H groups in total. The van der Waals surface area contributed by atoms with Gasteiger partial charge in [-0.2, -0.15) is 0 Å². The van der Waals surface area contributed by atoms with Crippen molar-refractivity contribution in [2.75, 3.05) is 13.7 Å². The molecular weight excluding hydrogens is 268 g/mol. The second kappa shape index (κ2) is 7.24. The summed E-state index contributed by atoms with van der Waals surface area (Å²) >= 11 is 5.86. The average Bonchev–Trinajstić information content (AvgIpc) is 2.36. The van der Waals surface area contributed by atoms with Gasteiger partial charge in [0.1, 0.15) is 5.56 Å². The number of benzene rings is 1. The zero-order chi connectivity index (χ0) is 14.4. The van der Waals surface area contributed by atoms with Crippen LogP contribution in [-0.2, 0) is 0 Å². The highest BCUT2D eigenvalue weighted by molar-refractivity contribution is 6.31. The molecule has 0 fully saturated rings. The monoisotopic (exact) mass is 286 g/mol. The van der Waals surface area contributed by atoms with Crippen LogP contribution in [0.3, 0.4) is 0 Å². The molecule has 0 saturated heterocycles. The number of aromatic carboxylic acids is 1. The van der Waals surface area contributed by atoms with Crippen molar-refractivity contribution in [3.63, 3.8) is 0 Å². The molecule has 0 bridgehead atoms. The molecule has 0 saturated carbocycles. The Morgan fingerprint density at radius 3 is 2.68 bits per heavy atom. The molecule has 0 aromatic heterocycles. The number of carboxylic acids is 1. The van der Waals surface area contributed by atoms with E-state index in [-0.39, 0.29) is 11.3 Å². The molecule has 4 nitrogen and oxygen atoms in total. The molecule has 1 atom stereocenters. The molecule has 1 unspecified atom stereocenters. The van der Waals surface area contributed by atoms with E-state index in [4.69, 9.17) is 21.1 Å². The molecule has 1 aromatic carbocycles. The SMILES string of the molecule is CCCC(C)COc1c(OC)cc(Cl)cc1C(=O)O. The van der Waals surface area contributed by atoms with Gasteiger partial charge in [0.2, 0.25) is 0 Å². The minimum atomic E-state index is -1.08. The lowest BCUT2D eigenvalue weighted by Crippen LogP contribution is -2.12. The van der Waals surface area contributed by atoms with Gasteiger partial charge >= 0.3 is 5.97 Å². The molecule has 5 heteroatoms. The maximum atomic E-state index is 11.2. The third-order valence-electron chi connectivity index (χ3n) is 2.76. The summed E-state index contributed by atoms with van der Waals surface area (Å²) in [7, 11) is 1.46. The quantitative estimate of drug-likeness (QED) is 0.827. The summed E-state index contributed by atoms with van der Waals surface area (Å²) in [5, 5.41) is 9.49. The van der Waals surface area contributed by atoms with Gasteiger partial charge in [-0.15, -0.1) is 0 Å². The molecule has 1 aromatic rings. The molecule has 19 heavy (non-hydrogen) atoms. The van der Waals surface area contributed by atoms with E-state index in [0.29, 0.717) is 23.3 Å². The highest BCUT2D eigenvalue weighted by Gasteiger charge is 2.19. The number of ether oxygens (including phenoxy) is 2. The van der Waals surface area contributed by atoms with Crippen molar-refractivity contribution in [2.45, 2.75) is 26.7 Å². The smallest absolute Gasteiger partial charge is 0.339 e. The number of halogens is 1. The second-order valence-corrected chi connectivity index (χ2v) is 4.93. The zero-order valence-electron chi connectivity index (χ0n) is 11.4. The summed E-state index contributed by atoms with van der Waals surface area (Å²) < 4.78 is 10.8. The van der Waals surface area contributed by atoms with Gasteiger partial charge in [-0.3, -0.25) is 0 Å². The zero-order valence-corrected chi connectivity index (χ0v) is 12.2. The van der Waals surface area contributed by atoms with Gasteiger partial charge in [-0.25, -0.2) is 4.79 Å². The van der Waals surface area contributed by atoms with Crippen LogP contribution in [0.4, 0.5) is 0 Å².